The number of fused-ring (bicyclic) bond motifs is 23. The van der Waals surface area contributed by atoms with Gasteiger partial charge < -0.3 is 18.3 Å². The Morgan fingerprint density at radius 3 is 0.911 bits per heavy atom. The third kappa shape index (κ3) is 13.0. The summed E-state index contributed by atoms with van der Waals surface area (Å²) in [4.78, 5) is 0. The fourth-order valence-corrected chi connectivity index (χ4v) is 25.3. The Morgan fingerprint density at radius 2 is 0.489 bits per heavy atom. The van der Waals surface area contributed by atoms with E-state index in [4.69, 9.17) is 18.3 Å². The SMILES string of the molecule is CC(C)(C)c1ccc2c(-c3cccc4c3oc3ccccc34)c3ccccc3c(-c3cccc4c3sc3ccccc34)c2c1.COc1ccc2cc(-c3c4ccccc4c(-c4ccc5cc(OC)ccc5c4)c4cc(-c5cccc6c5sc5ccccc56)ccc34)ccc2c1.c1ccc2c(c1)oc1c(-c3c4ccccc4c(-c4cccc5c4sc4ccccc45)c4ccccc34)cccc12. The third-order valence-electron chi connectivity index (χ3n) is 27.9. The van der Waals surface area contributed by atoms with Gasteiger partial charge in [-0.15, -0.1) is 34.0 Å². The van der Waals surface area contributed by atoms with Crippen LogP contribution in [-0.2, 0) is 5.41 Å². The first-order chi connectivity index (χ1) is 66.5. The van der Waals surface area contributed by atoms with E-state index in [2.05, 4.69) is 415 Å². The van der Waals surface area contributed by atoms with Gasteiger partial charge in [0.2, 0.25) is 0 Å². The van der Waals surface area contributed by atoms with Crippen molar-refractivity contribution in [1.82, 2.24) is 0 Å². The molecule has 5 heterocycles. The number of benzene rings is 23. The molecule has 0 fully saturated rings. The number of ether oxygens (including phenoxy) is 2. The van der Waals surface area contributed by atoms with Crippen LogP contribution in [0.5, 0.6) is 11.5 Å². The molecule has 0 bridgehead atoms. The Bertz CT molecular complexity index is 9580. The Morgan fingerprint density at radius 1 is 0.200 bits per heavy atom. The Balaban J connectivity index is 0.000000106. The molecule has 0 atom stereocenters. The van der Waals surface area contributed by atoms with Crippen molar-refractivity contribution in [3.05, 3.63) is 424 Å². The summed E-state index contributed by atoms with van der Waals surface area (Å²) in [6.45, 7) is 6.91. The average Bonchev–Trinajstić information content (AvgIpc) is 1.70. The van der Waals surface area contributed by atoms with Crippen LogP contribution in [-0.4, -0.2) is 14.2 Å². The molecule has 4 nitrogen and oxygen atoms in total. The molecule has 0 saturated heterocycles. The summed E-state index contributed by atoms with van der Waals surface area (Å²) in [7, 11) is 3.44. The normalized spacial score (nSPS) is 12.0. The number of thiophene rings is 3. The van der Waals surface area contributed by atoms with Crippen LogP contribution < -0.4 is 9.47 Å². The number of rotatable bonds is 9. The molecule has 0 aliphatic carbocycles. The molecule has 0 aliphatic heterocycles. The molecule has 28 rings (SSSR count). The predicted octanol–water partition coefficient (Wildman–Crippen LogP) is 38.2. The van der Waals surface area contributed by atoms with Gasteiger partial charge in [0.05, 0.1) is 14.2 Å². The van der Waals surface area contributed by atoms with E-state index in [1.807, 2.05) is 58.3 Å². The highest BCUT2D eigenvalue weighted by atomic mass is 32.1. The number of hydrogen-bond donors (Lipinski definition) is 0. The zero-order chi connectivity index (χ0) is 89.8. The van der Waals surface area contributed by atoms with E-state index in [-0.39, 0.29) is 5.41 Å². The molecule has 28 aromatic rings. The second-order valence-electron chi connectivity index (χ2n) is 36.5. The van der Waals surface area contributed by atoms with Gasteiger partial charge in [0, 0.05) is 115 Å². The van der Waals surface area contributed by atoms with E-state index >= 15 is 0 Å². The van der Waals surface area contributed by atoms with E-state index in [1.54, 1.807) is 14.2 Å². The Labute approximate surface area is 790 Å². The lowest BCUT2D eigenvalue weighted by Gasteiger charge is -2.23. The lowest BCUT2D eigenvalue weighted by molar-refractivity contribution is 0.415. The first kappa shape index (κ1) is 79.9. The van der Waals surface area contributed by atoms with Crippen LogP contribution in [0.3, 0.4) is 0 Å². The monoisotopic (exact) mass is 1780 g/mol. The third-order valence-corrected chi connectivity index (χ3v) is 31.6. The second kappa shape index (κ2) is 31.9. The van der Waals surface area contributed by atoms with Crippen molar-refractivity contribution in [2.45, 2.75) is 26.2 Å². The first-order valence-corrected chi connectivity index (χ1v) is 48.6. The minimum atomic E-state index is 0.0135. The summed E-state index contributed by atoms with van der Waals surface area (Å²) in [5.41, 5.74) is 22.4. The fraction of sp³-hybridized carbons (Fsp3) is 0.0469. The van der Waals surface area contributed by atoms with E-state index in [0.29, 0.717) is 0 Å². The van der Waals surface area contributed by atoms with Gasteiger partial charge in [-0.25, -0.2) is 0 Å². The maximum atomic E-state index is 6.62. The molecule has 638 valence electrons. The van der Waals surface area contributed by atoms with E-state index in [1.165, 1.54) is 208 Å². The molecular weight excluding hydrogens is 1700 g/mol. The molecule has 7 heteroatoms. The van der Waals surface area contributed by atoms with Crippen molar-refractivity contribution < 1.29 is 18.3 Å². The van der Waals surface area contributed by atoms with Crippen molar-refractivity contribution in [2.75, 3.05) is 14.2 Å². The van der Waals surface area contributed by atoms with Crippen molar-refractivity contribution in [3.63, 3.8) is 0 Å². The van der Waals surface area contributed by atoms with Crippen molar-refractivity contribution in [3.8, 4) is 89.4 Å². The smallest absolute Gasteiger partial charge is 0.143 e. The zero-order valence-electron chi connectivity index (χ0n) is 74.7. The average molecular weight is 1780 g/mol. The van der Waals surface area contributed by atoms with Crippen LogP contribution in [0.4, 0.5) is 0 Å². The molecule has 5 aromatic heterocycles. The molecule has 0 aliphatic rings. The maximum Gasteiger partial charge on any atom is 0.143 e. The summed E-state index contributed by atoms with van der Waals surface area (Å²) in [5.74, 6) is 1.73. The van der Waals surface area contributed by atoms with Gasteiger partial charge in [0.1, 0.15) is 33.8 Å². The summed E-state index contributed by atoms with van der Waals surface area (Å²) in [6.07, 6.45) is 0. The maximum absolute atomic E-state index is 6.62. The van der Waals surface area contributed by atoms with E-state index in [9.17, 15) is 0 Å². The van der Waals surface area contributed by atoms with E-state index in [0.717, 1.165) is 77.3 Å². The molecule has 135 heavy (non-hydrogen) atoms. The molecule has 0 radical (unpaired) electrons. The van der Waals surface area contributed by atoms with Gasteiger partial charge in [-0.3, -0.25) is 0 Å². The van der Waals surface area contributed by atoms with Gasteiger partial charge in [0.15, 0.2) is 0 Å². The second-order valence-corrected chi connectivity index (χ2v) is 39.6. The lowest BCUT2D eigenvalue weighted by atomic mass is 9.81. The van der Waals surface area contributed by atoms with E-state index < -0.39 is 0 Å². The summed E-state index contributed by atoms with van der Waals surface area (Å²) < 4.78 is 32.2. The molecule has 0 amide bonds. The highest BCUT2D eigenvalue weighted by molar-refractivity contribution is 7.27. The fourth-order valence-electron chi connectivity index (χ4n) is 21.7. The van der Waals surface area contributed by atoms with Crippen molar-refractivity contribution >= 4 is 225 Å². The van der Waals surface area contributed by atoms with Crippen LogP contribution in [0, 0.1) is 0 Å². The van der Waals surface area contributed by atoms with Crippen LogP contribution in [0.15, 0.2) is 427 Å². The molecule has 0 N–H and O–H groups in total. The summed E-state index contributed by atoms with van der Waals surface area (Å²) in [6, 6.07) is 153. The van der Waals surface area contributed by atoms with Crippen LogP contribution in [0.1, 0.15) is 26.3 Å². The quantitative estimate of drug-likeness (QED) is 0.135. The zero-order valence-corrected chi connectivity index (χ0v) is 77.1. The minimum Gasteiger partial charge on any atom is -0.497 e. The van der Waals surface area contributed by atoms with Crippen LogP contribution in [0.25, 0.3) is 268 Å². The van der Waals surface area contributed by atoms with Gasteiger partial charge in [-0.1, -0.05) is 360 Å². The Kier molecular flexibility index (Phi) is 18.9. The Hall–Kier alpha value is -16.0. The predicted molar refractivity (Wildman–Crippen MR) is 582 cm³/mol. The van der Waals surface area contributed by atoms with Gasteiger partial charge in [-0.05, 0) is 221 Å². The number of para-hydroxylation sites is 4. The van der Waals surface area contributed by atoms with Gasteiger partial charge >= 0.3 is 0 Å². The number of furan rings is 2. The van der Waals surface area contributed by atoms with Gasteiger partial charge in [-0.2, -0.15) is 0 Å². The van der Waals surface area contributed by atoms with Gasteiger partial charge in [0.25, 0.3) is 0 Å². The molecular formula is C128H84O4S3. The minimum absolute atomic E-state index is 0.0135. The molecule has 23 aromatic carbocycles. The molecule has 0 spiro atoms. The number of methoxy groups -OCH3 is 2. The highest BCUT2D eigenvalue weighted by Crippen LogP contribution is 2.55. The summed E-state index contributed by atoms with van der Waals surface area (Å²) in [5, 5.41) is 32.2. The highest BCUT2D eigenvalue weighted by Gasteiger charge is 2.28. The number of hydrogen-bond acceptors (Lipinski definition) is 7. The topological polar surface area (TPSA) is 44.7 Å². The van der Waals surface area contributed by atoms with Crippen molar-refractivity contribution in [2.24, 2.45) is 0 Å². The largest absolute Gasteiger partial charge is 0.497 e. The lowest BCUT2D eigenvalue weighted by Crippen LogP contribution is -2.10. The molecule has 0 unspecified atom stereocenters. The first-order valence-electron chi connectivity index (χ1n) is 46.1. The summed E-state index contributed by atoms with van der Waals surface area (Å²) >= 11 is 5.67. The van der Waals surface area contributed by atoms with Crippen molar-refractivity contribution in [1.29, 1.82) is 0 Å². The van der Waals surface area contributed by atoms with Crippen LogP contribution >= 0.6 is 34.0 Å². The molecule has 0 saturated carbocycles. The van der Waals surface area contributed by atoms with Crippen LogP contribution in [0.2, 0.25) is 0 Å². The standard InChI is InChI=1S/C48H32O2S.C42H30OS.C38H22OS/c1-49-36-21-18-29-24-34(16-14-31(29)26-36)46-40-9-3-4-10-41(40)47(35-17-15-32-27-37(50-2)22-19-30(32)25-35)44-28-33(20-23-42(44)46)38-11-7-12-43-39-8-5-6-13-45(39)51-48(38)43;1-42(2,3)25-22-23-30-35(24-25)39(34-19-11-17-32-27-13-7-9-21-37(27)44-41(32)34)29-15-5-4-14-28(29)38(30)33-18-10-16-31-26-12-6-8-20-36(26)43-40(31)33;1-3-15-27-25(13-1)35(31-19-9-17-29-23-11-5-7-21-33(23)39-37(29)31)26-14-2-4-16-28(26)36(27)32-20-10-18-30-24-12-6-8-22-34(24)40-38(30)32/h3-28H,1-2H3;4-24H,1-3H3;1-22H.